The molecule has 0 N–H and O–H groups in total. The second-order valence-corrected chi connectivity index (χ2v) is 17.9. The van der Waals surface area contributed by atoms with E-state index in [1.165, 1.54) is 11.1 Å². The van der Waals surface area contributed by atoms with Crippen LogP contribution in [0.15, 0.2) is 253 Å². The Morgan fingerprint density at radius 3 is 1.54 bits per heavy atom. The Morgan fingerprint density at radius 1 is 0.319 bits per heavy atom. The Hall–Kier alpha value is -9.12. The fraction of sp³-hybridized carbons (Fsp3) is 0.0154. The van der Waals surface area contributed by atoms with Gasteiger partial charge in [0, 0.05) is 60.7 Å². The topological polar surface area (TPSA) is 34.8 Å². The predicted molar refractivity (Wildman–Crippen MR) is 281 cm³/mol. The Labute approximate surface area is 399 Å². The maximum Gasteiger partial charge on any atom is 0.143 e. The first-order chi connectivity index (χ1) is 34.2. The molecular formula is C65H41NO3. The summed E-state index contributed by atoms with van der Waals surface area (Å²) in [7, 11) is 0. The lowest BCUT2D eigenvalue weighted by Gasteiger charge is -2.45. The van der Waals surface area contributed by atoms with Crippen LogP contribution in [0.5, 0.6) is 23.0 Å². The zero-order valence-corrected chi connectivity index (χ0v) is 37.3. The molecule has 14 rings (SSSR count). The third-order valence-electron chi connectivity index (χ3n) is 14.2. The van der Waals surface area contributed by atoms with Crippen molar-refractivity contribution in [1.82, 2.24) is 0 Å². The quantitative estimate of drug-likeness (QED) is 0.167. The average molecular weight is 884 g/mol. The highest BCUT2D eigenvalue weighted by Crippen LogP contribution is 2.62. The van der Waals surface area contributed by atoms with Gasteiger partial charge in [-0.05, 0) is 88.5 Å². The zero-order valence-electron chi connectivity index (χ0n) is 37.3. The van der Waals surface area contributed by atoms with Gasteiger partial charge >= 0.3 is 0 Å². The SMILES string of the molecule is c1ccc(-c2ccc(-c3ccc(N(c4cccc(-c5cccc6c5Oc5ccccc5C65c6ccccc6Oc6ccccc65)c4)c4cccc5c4ccc4c6ccccc6oc54)cc3)cc2)cc1. The normalized spacial score (nSPS) is 13.0. The Kier molecular flexibility index (Phi) is 8.77. The van der Waals surface area contributed by atoms with Crippen molar-refractivity contribution in [2.75, 3.05) is 4.90 Å². The first-order valence-corrected chi connectivity index (χ1v) is 23.5. The number of para-hydroxylation sites is 5. The number of ether oxygens (including phenoxy) is 2. The van der Waals surface area contributed by atoms with Gasteiger partial charge in [0.1, 0.15) is 34.2 Å². The van der Waals surface area contributed by atoms with Gasteiger partial charge in [0.2, 0.25) is 0 Å². The molecule has 0 bridgehead atoms. The maximum absolute atomic E-state index is 7.14. The molecule has 0 saturated heterocycles. The monoisotopic (exact) mass is 883 g/mol. The van der Waals surface area contributed by atoms with Crippen LogP contribution in [0.4, 0.5) is 17.1 Å². The molecule has 1 spiro atoms. The summed E-state index contributed by atoms with van der Waals surface area (Å²) in [5, 5.41) is 4.37. The lowest BCUT2D eigenvalue weighted by Crippen LogP contribution is -2.36. The van der Waals surface area contributed by atoms with Crippen LogP contribution in [0.1, 0.15) is 22.3 Å². The molecule has 0 fully saturated rings. The summed E-state index contributed by atoms with van der Waals surface area (Å²) in [6.45, 7) is 0. The van der Waals surface area contributed by atoms with E-state index in [2.05, 4.69) is 229 Å². The molecule has 324 valence electrons. The number of furan rings is 1. The van der Waals surface area contributed by atoms with E-state index in [4.69, 9.17) is 13.9 Å². The highest BCUT2D eigenvalue weighted by atomic mass is 16.5. The molecule has 0 amide bonds. The molecule has 4 nitrogen and oxygen atoms in total. The third-order valence-corrected chi connectivity index (χ3v) is 14.2. The van der Waals surface area contributed by atoms with Gasteiger partial charge < -0.3 is 18.8 Å². The Balaban J connectivity index is 0.944. The molecule has 11 aromatic carbocycles. The van der Waals surface area contributed by atoms with Crippen molar-refractivity contribution in [1.29, 1.82) is 0 Å². The number of benzene rings is 11. The fourth-order valence-electron chi connectivity index (χ4n) is 11.1. The molecule has 0 unspecified atom stereocenters. The van der Waals surface area contributed by atoms with Crippen LogP contribution in [0.3, 0.4) is 0 Å². The first kappa shape index (κ1) is 39.1. The fourth-order valence-corrected chi connectivity index (χ4v) is 11.1. The van der Waals surface area contributed by atoms with Crippen molar-refractivity contribution in [2.24, 2.45) is 0 Å². The molecule has 3 heterocycles. The molecule has 0 saturated carbocycles. The lowest BCUT2D eigenvalue weighted by atomic mass is 9.62. The zero-order chi connectivity index (χ0) is 45.5. The summed E-state index contributed by atoms with van der Waals surface area (Å²) in [5.41, 5.74) is 15.2. The summed E-state index contributed by atoms with van der Waals surface area (Å²) in [6, 6.07) is 88.4. The first-order valence-electron chi connectivity index (χ1n) is 23.5. The molecular weight excluding hydrogens is 843 g/mol. The number of anilines is 3. The van der Waals surface area contributed by atoms with Crippen molar-refractivity contribution < 1.29 is 13.9 Å². The van der Waals surface area contributed by atoms with Gasteiger partial charge in [-0.2, -0.15) is 0 Å². The van der Waals surface area contributed by atoms with E-state index in [1.54, 1.807) is 0 Å². The average Bonchev–Trinajstić information content (AvgIpc) is 3.81. The van der Waals surface area contributed by atoms with Gasteiger partial charge in [-0.25, -0.2) is 0 Å². The van der Waals surface area contributed by atoms with Gasteiger partial charge in [-0.3, -0.25) is 0 Å². The van der Waals surface area contributed by atoms with E-state index >= 15 is 0 Å². The van der Waals surface area contributed by atoms with Gasteiger partial charge in [-0.1, -0.05) is 188 Å². The predicted octanol–water partition coefficient (Wildman–Crippen LogP) is 17.8. The van der Waals surface area contributed by atoms with E-state index in [1.807, 2.05) is 24.3 Å². The number of nitrogens with zero attached hydrogens (tertiary/aromatic N) is 1. The van der Waals surface area contributed by atoms with Crippen LogP contribution >= 0.6 is 0 Å². The Morgan fingerprint density at radius 2 is 0.826 bits per heavy atom. The molecule has 0 radical (unpaired) electrons. The number of fused-ring (bicyclic) bond motifs is 13. The summed E-state index contributed by atoms with van der Waals surface area (Å²) in [4.78, 5) is 2.38. The van der Waals surface area contributed by atoms with Crippen molar-refractivity contribution in [3.8, 4) is 56.4 Å². The molecule has 2 aliphatic rings. The molecule has 0 aliphatic carbocycles. The van der Waals surface area contributed by atoms with Gasteiger partial charge in [0.25, 0.3) is 0 Å². The van der Waals surface area contributed by atoms with Gasteiger partial charge in [0.05, 0.1) is 11.1 Å². The number of rotatable bonds is 6. The van der Waals surface area contributed by atoms with Crippen LogP contribution in [-0.2, 0) is 5.41 Å². The third kappa shape index (κ3) is 6.02. The van der Waals surface area contributed by atoms with E-state index in [0.29, 0.717) is 0 Å². The molecule has 4 heteroatoms. The summed E-state index contributed by atoms with van der Waals surface area (Å²) >= 11 is 0. The van der Waals surface area contributed by atoms with E-state index in [0.717, 1.165) is 117 Å². The highest BCUT2D eigenvalue weighted by molar-refractivity contribution is 6.17. The summed E-state index contributed by atoms with van der Waals surface area (Å²) < 4.78 is 20.4. The molecule has 12 aromatic rings. The van der Waals surface area contributed by atoms with Crippen LogP contribution in [0, 0.1) is 0 Å². The van der Waals surface area contributed by atoms with Gasteiger partial charge in [0.15, 0.2) is 0 Å². The molecule has 0 atom stereocenters. The summed E-state index contributed by atoms with van der Waals surface area (Å²) in [6.07, 6.45) is 0. The van der Waals surface area contributed by atoms with Crippen molar-refractivity contribution >= 4 is 49.8 Å². The van der Waals surface area contributed by atoms with Crippen LogP contribution in [0.2, 0.25) is 0 Å². The second kappa shape index (κ2) is 15.5. The van der Waals surface area contributed by atoms with Crippen LogP contribution in [0.25, 0.3) is 66.1 Å². The molecule has 69 heavy (non-hydrogen) atoms. The highest BCUT2D eigenvalue weighted by Gasteiger charge is 2.50. The van der Waals surface area contributed by atoms with Crippen molar-refractivity contribution in [3.05, 3.63) is 271 Å². The molecule has 2 aliphatic heterocycles. The Bertz CT molecular complexity index is 3900. The van der Waals surface area contributed by atoms with Crippen molar-refractivity contribution in [2.45, 2.75) is 5.41 Å². The summed E-state index contributed by atoms with van der Waals surface area (Å²) in [5.74, 6) is 3.33. The van der Waals surface area contributed by atoms with Crippen molar-refractivity contribution in [3.63, 3.8) is 0 Å². The smallest absolute Gasteiger partial charge is 0.143 e. The van der Waals surface area contributed by atoms with E-state index in [9.17, 15) is 0 Å². The van der Waals surface area contributed by atoms with E-state index in [-0.39, 0.29) is 0 Å². The lowest BCUT2D eigenvalue weighted by molar-refractivity contribution is 0.400. The maximum atomic E-state index is 7.14. The minimum Gasteiger partial charge on any atom is -0.457 e. The molecule has 1 aromatic heterocycles. The van der Waals surface area contributed by atoms with E-state index < -0.39 is 5.41 Å². The number of hydrogen-bond donors (Lipinski definition) is 0. The minimum absolute atomic E-state index is 0.691. The van der Waals surface area contributed by atoms with Crippen LogP contribution < -0.4 is 14.4 Å². The standard InChI is InChI=1S/C65H41NO3/c1-2-15-42(16-3-1)43-31-33-44(34-32-43)45-35-37-47(38-36-45)66(58-26-14-21-52-50(58)39-40-53-51-19-4-8-27-59(51)68-63(52)53)48-18-12-17-46(41-48)49-20-13-25-57-64(49)69-62-30-11-7-24-56(62)65(57)54-22-5-9-28-60(54)67-61-29-10-6-23-55(61)65/h1-41H. The number of hydrogen-bond acceptors (Lipinski definition) is 4. The van der Waals surface area contributed by atoms with Crippen LogP contribution in [-0.4, -0.2) is 0 Å². The largest absolute Gasteiger partial charge is 0.457 e. The van der Waals surface area contributed by atoms with Gasteiger partial charge in [-0.15, -0.1) is 0 Å². The second-order valence-electron chi connectivity index (χ2n) is 17.9. The minimum atomic E-state index is -0.691.